The molecular weight excluding hydrogens is 152 g/mol. The lowest BCUT2D eigenvalue weighted by molar-refractivity contribution is -0.115. The van der Waals surface area contributed by atoms with Crippen LogP contribution in [0.1, 0.15) is 26.7 Å². The van der Waals surface area contributed by atoms with Crippen LogP contribution in [0.5, 0.6) is 0 Å². The van der Waals surface area contributed by atoms with E-state index in [0.717, 1.165) is 19.1 Å². The Balaban J connectivity index is 3.83. The van der Waals surface area contributed by atoms with Gasteiger partial charge in [-0.15, -0.1) is 6.58 Å². The lowest BCUT2D eigenvalue weighted by Crippen LogP contribution is -2.22. The number of carbonyl (C=O) groups is 1. The third kappa shape index (κ3) is 4.29. The van der Waals surface area contributed by atoms with Gasteiger partial charge in [-0.1, -0.05) is 13.0 Å². The molecule has 70 valence electrons. The summed E-state index contributed by atoms with van der Waals surface area (Å²) < 4.78 is 5.42. The summed E-state index contributed by atoms with van der Waals surface area (Å²) in [7, 11) is 0. The monoisotopic (exact) mass is 170 g/mol. The normalized spacial score (nSPS) is 15.2. The number of rotatable bonds is 7. The second kappa shape index (κ2) is 7.04. The van der Waals surface area contributed by atoms with Gasteiger partial charge in [-0.3, -0.25) is 0 Å². The second-order valence-electron chi connectivity index (χ2n) is 2.86. The number of ether oxygens (including phenoxy) is 1. The van der Waals surface area contributed by atoms with Gasteiger partial charge in [0.2, 0.25) is 0 Å². The molecular formula is C10H18O2. The second-order valence-corrected chi connectivity index (χ2v) is 2.86. The third-order valence-corrected chi connectivity index (χ3v) is 1.84. The minimum absolute atomic E-state index is 0.00935. The Morgan fingerprint density at radius 2 is 2.25 bits per heavy atom. The Morgan fingerprint density at radius 3 is 2.67 bits per heavy atom. The molecule has 0 fully saturated rings. The van der Waals surface area contributed by atoms with Crippen molar-refractivity contribution in [3.05, 3.63) is 12.7 Å². The van der Waals surface area contributed by atoms with Crippen molar-refractivity contribution < 1.29 is 9.53 Å². The Morgan fingerprint density at radius 1 is 1.58 bits per heavy atom. The van der Waals surface area contributed by atoms with Crippen molar-refractivity contribution in [3.63, 3.8) is 0 Å². The summed E-state index contributed by atoms with van der Waals surface area (Å²) in [6, 6.07) is 0. The molecule has 0 rings (SSSR count). The fourth-order valence-corrected chi connectivity index (χ4v) is 1.08. The molecule has 0 aromatic carbocycles. The molecule has 0 aromatic rings. The standard InChI is InChI=1S/C10H18O2/c1-4-6-7-10(12-5-2)9(3)8-11/h4,8-10H,1,5-7H2,2-3H3. The maximum atomic E-state index is 10.5. The van der Waals surface area contributed by atoms with Crippen molar-refractivity contribution in [1.29, 1.82) is 0 Å². The van der Waals surface area contributed by atoms with Gasteiger partial charge < -0.3 is 9.53 Å². The van der Waals surface area contributed by atoms with E-state index in [-0.39, 0.29) is 12.0 Å². The van der Waals surface area contributed by atoms with Gasteiger partial charge in [0.05, 0.1) is 6.10 Å². The largest absolute Gasteiger partial charge is 0.378 e. The van der Waals surface area contributed by atoms with E-state index in [1.54, 1.807) is 0 Å². The van der Waals surface area contributed by atoms with Crippen molar-refractivity contribution >= 4 is 6.29 Å². The topological polar surface area (TPSA) is 26.3 Å². The van der Waals surface area contributed by atoms with Crippen molar-refractivity contribution in [2.75, 3.05) is 6.61 Å². The summed E-state index contributed by atoms with van der Waals surface area (Å²) in [4.78, 5) is 10.5. The zero-order chi connectivity index (χ0) is 9.40. The van der Waals surface area contributed by atoms with Crippen LogP contribution in [0.2, 0.25) is 0 Å². The molecule has 0 N–H and O–H groups in total. The van der Waals surface area contributed by atoms with E-state index in [9.17, 15) is 4.79 Å². The van der Waals surface area contributed by atoms with Gasteiger partial charge in [0, 0.05) is 12.5 Å². The minimum Gasteiger partial charge on any atom is -0.378 e. The molecule has 0 saturated heterocycles. The van der Waals surface area contributed by atoms with Crippen LogP contribution in [0, 0.1) is 5.92 Å². The molecule has 0 saturated carbocycles. The molecule has 0 bridgehead atoms. The molecule has 2 nitrogen and oxygen atoms in total. The predicted molar refractivity (Wildman–Crippen MR) is 50.1 cm³/mol. The summed E-state index contributed by atoms with van der Waals surface area (Å²) in [5.74, 6) is -0.00935. The van der Waals surface area contributed by atoms with Crippen molar-refractivity contribution in [2.24, 2.45) is 5.92 Å². The van der Waals surface area contributed by atoms with Gasteiger partial charge in [0.1, 0.15) is 6.29 Å². The predicted octanol–water partition coefficient (Wildman–Crippen LogP) is 2.19. The van der Waals surface area contributed by atoms with E-state index < -0.39 is 0 Å². The van der Waals surface area contributed by atoms with Crippen LogP contribution >= 0.6 is 0 Å². The zero-order valence-electron chi connectivity index (χ0n) is 7.95. The first-order chi connectivity index (χ1) is 5.76. The molecule has 2 heteroatoms. The van der Waals surface area contributed by atoms with Gasteiger partial charge in [0.25, 0.3) is 0 Å². The quantitative estimate of drug-likeness (QED) is 0.432. The molecule has 0 aliphatic rings. The average Bonchev–Trinajstić information content (AvgIpc) is 2.11. The molecule has 0 spiro atoms. The highest BCUT2D eigenvalue weighted by molar-refractivity contribution is 5.53. The van der Waals surface area contributed by atoms with Gasteiger partial charge in [-0.2, -0.15) is 0 Å². The van der Waals surface area contributed by atoms with E-state index in [0.29, 0.717) is 6.61 Å². The van der Waals surface area contributed by atoms with E-state index in [4.69, 9.17) is 4.74 Å². The van der Waals surface area contributed by atoms with Gasteiger partial charge in [0.15, 0.2) is 0 Å². The molecule has 0 heterocycles. The first-order valence-corrected chi connectivity index (χ1v) is 4.44. The number of hydrogen-bond acceptors (Lipinski definition) is 2. The Bertz CT molecular complexity index is 132. The minimum atomic E-state index is -0.00935. The molecule has 12 heavy (non-hydrogen) atoms. The van der Waals surface area contributed by atoms with E-state index in [2.05, 4.69) is 6.58 Å². The highest BCUT2D eigenvalue weighted by atomic mass is 16.5. The number of allylic oxidation sites excluding steroid dienone is 1. The number of carbonyl (C=O) groups excluding carboxylic acids is 1. The molecule has 0 aromatic heterocycles. The Hall–Kier alpha value is -0.630. The zero-order valence-corrected chi connectivity index (χ0v) is 7.95. The molecule has 2 unspecified atom stereocenters. The van der Waals surface area contributed by atoms with Crippen LogP contribution in [0.4, 0.5) is 0 Å². The molecule has 2 atom stereocenters. The lowest BCUT2D eigenvalue weighted by atomic mass is 10.0. The first kappa shape index (κ1) is 11.4. The van der Waals surface area contributed by atoms with Crippen LogP contribution in [0.3, 0.4) is 0 Å². The number of hydrogen-bond donors (Lipinski definition) is 0. The van der Waals surface area contributed by atoms with Crippen LogP contribution in [0.15, 0.2) is 12.7 Å². The molecule has 0 amide bonds. The Labute approximate surface area is 74.6 Å². The van der Waals surface area contributed by atoms with Crippen LogP contribution in [-0.2, 0) is 9.53 Å². The fraction of sp³-hybridized carbons (Fsp3) is 0.700. The average molecular weight is 170 g/mol. The smallest absolute Gasteiger partial charge is 0.125 e. The van der Waals surface area contributed by atoms with Gasteiger partial charge >= 0.3 is 0 Å². The SMILES string of the molecule is C=CCCC(OCC)C(C)C=O. The van der Waals surface area contributed by atoms with E-state index in [1.165, 1.54) is 0 Å². The van der Waals surface area contributed by atoms with Crippen LogP contribution in [-0.4, -0.2) is 19.0 Å². The van der Waals surface area contributed by atoms with Gasteiger partial charge in [-0.25, -0.2) is 0 Å². The van der Waals surface area contributed by atoms with Crippen LogP contribution in [0.25, 0.3) is 0 Å². The Kier molecular flexibility index (Phi) is 6.67. The summed E-state index contributed by atoms with van der Waals surface area (Å²) in [5, 5.41) is 0. The van der Waals surface area contributed by atoms with E-state index in [1.807, 2.05) is 19.9 Å². The first-order valence-electron chi connectivity index (χ1n) is 4.44. The summed E-state index contributed by atoms with van der Waals surface area (Å²) in [6.45, 7) is 8.13. The van der Waals surface area contributed by atoms with Crippen molar-refractivity contribution in [3.8, 4) is 0 Å². The third-order valence-electron chi connectivity index (χ3n) is 1.84. The molecule has 0 radical (unpaired) electrons. The molecule has 0 aliphatic heterocycles. The summed E-state index contributed by atoms with van der Waals surface area (Å²) >= 11 is 0. The highest BCUT2D eigenvalue weighted by Gasteiger charge is 2.15. The van der Waals surface area contributed by atoms with E-state index >= 15 is 0 Å². The van der Waals surface area contributed by atoms with Crippen molar-refractivity contribution in [2.45, 2.75) is 32.8 Å². The summed E-state index contributed by atoms with van der Waals surface area (Å²) in [5.41, 5.74) is 0. The number of aldehydes is 1. The maximum Gasteiger partial charge on any atom is 0.125 e. The molecule has 0 aliphatic carbocycles. The van der Waals surface area contributed by atoms with Crippen molar-refractivity contribution in [1.82, 2.24) is 0 Å². The van der Waals surface area contributed by atoms with Crippen LogP contribution < -0.4 is 0 Å². The maximum absolute atomic E-state index is 10.5. The fourth-order valence-electron chi connectivity index (χ4n) is 1.08. The highest BCUT2D eigenvalue weighted by Crippen LogP contribution is 2.11. The van der Waals surface area contributed by atoms with Gasteiger partial charge in [-0.05, 0) is 19.8 Å². The lowest BCUT2D eigenvalue weighted by Gasteiger charge is -2.18. The summed E-state index contributed by atoms with van der Waals surface area (Å²) in [6.07, 6.45) is 4.65.